The molecule has 0 saturated carbocycles. The summed E-state index contributed by atoms with van der Waals surface area (Å²) < 4.78 is 0. The van der Waals surface area contributed by atoms with Crippen molar-refractivity contribution in [2.24, 2.45) is 0 Å². The predicted octanol–water partition coefficient (Wildman–Crippen LogP) is 5.39. The number of phenols is 1. The number of amides is 1. The van der Waals surface area contributed by atoms with Gasteiger partial charge in [-0.05, 0) is 47.9 Å². The average Bonchev–Trinajstić information content (AvgIpc) is 3.03. The maximum Gasteiger partial charge on any atom is 0.229 e. The van der Waals surface area contributed by atoms with Gasteiger partial charge in [0.2, 0.25) is 5.91 Å². The minimum atomic E-state index is -0.158. The topological polar surface area (TPSA) is 62.2 Å². The fourth-order valence-corrected chi connectivity index (χ4v) is 4.52. The lowest BCUT2D eigenvalue weighted by molar-refractivity contribution is -0.115. The maximum absolute atomic E-state index is 12.5. The van der Waals surface area contributed by atoms with Crippen LogP contribution in [-0.2, 0) is 17.6 Å². The number of fused-ring (bicyclic) bond motifs is 1. The molecule has 0 aliphatic heterocycles. The van der Waals surface area contributed by atoms with Gasteiger partial charge < -0.3 is 10.4 Å². The van der Waals surface area contributed by atoms with E-state index < -0.39 is 0 Å². The number of aromatic nitrogens is 1. The van der Waals surface area contributed by atoms with Crippen LogP contribution in [0.5, 0.6) is 5.75 Å². The number of aromatic hydroxyl groups is 1. The largest absolute Gasteiger partial charge is 0.506 e. The smallest absolute Gasteiger partial charge is 0.229 e. The van der Waals surface area contributed by atoms with Crippen LogP contribution < -0.4 is 5.32 Å². The van der Waals surface area contributed by atoms with E-state index in [1.54, 1.807) is 29.5 Å². The first-order valence-corrected chi connectivity index (χ1v) is 10.3. The van der Waals surface area contributed by atoms with Crippen LogP contribution >= 0.6 is 11.3 Å². The molecule has 3 aromatic carbocycles. The molecule has 5 heteroatoms. The van der Waals surface area contributed by atoms with Crippen molar-refractivity contribution in [1.82, 2.24) is 4.98 Å². The van der Waals surface area contributed by atoms with Crippen molar-refractivity contribution in [2.75, 3.05) is 5.32 Å². The van der Waals surface area contributed by atoms with Gasteiger partial charge in [-0.1, -0.05) is 48.5 Å². The number of rotatable bonds is 5. The van der Waals surface area contributed by atoms with Gasteiger partial charge in [-0.15, -0.1) is 11.3 Å². The highest BCUT2D eigenvalue weighted by Gasteiger charge is 2.14. The summed E-state index contributed by atoms with van der Waals surface area (Å²) in [5, 5.41) is 16.2. The third-order valence-electron chi connectivity index (χ3n) is 4.91. The van der Waals surface area contributed by atoms with Gasteiger partial charge in [0.05, 0.1) is 22.8 Å². The van der Waals surface area contributed by atoms with Gasteiger partial charge in [-0.3, -0.25) is 4.79 Å². The van der Waals surface area contributed by atoms with E-state index >= 15 is 0 Å². The normalized spacial score (nSPS) is 11.0. The molecule has 1 heterocycles. The highest BCUT2D eigenvalue weighted by Crippen LogP contribution is 2.27. The zero-order chi connectivity index (χ0) is 20.4. The second kappa shape index (κ2) is 8.05. The second-order valence-electron chi connectivity index (χ2n) is 7.18. The number of aryl methyl sites for hydroxylation is 2. The van der Waals surface area contributed by atoms with Crippen molar-refractivity contribution in [2.45, 2.75) is 26.7 Å². The zero-order valence-corrected chi connectivity index (χ0v) is 17.2. The molecule has 29 heavy (non-hydrogen) atoms. The summed E-state index contributed by atoms with van der Waals surface area (Å²) in [6.45, 7) is 3.86. The summed E-state index contributed by atoms with van der Waals surface area (Å²) in [4.78, 5) is 18.1. The Balaban J connectivity index is 1.50. The van der Waals surface area contributed by atoms with Crippen LogP contribution in [0.15, 0.2) is 60.7 Å². The number of nitrogens with one attached hydrogen (secondary N) is 1. The van der Waals surface area contributed by atoms with Gasteiger partial charge in [-0.25, -0.2) is 4.98 Å². The Morgan fingerprint density at radius 3 is 2.72 bits per heavy atom. The number of phenolic OH excluding ortho intramolecular Hbond substituents is 1. The molecule has 0 unspecified atom stereocenters. The van der Waals surface area contributed by atoms with Crippen molar-refractivity contribution < 1.29 is 9.90 Å². The molecule has 146 valence electrons. The van der Waals surface area contributed by atoms with Gasteiger partial charge in [0.15, 0.2) is 0 Å². The predicted molar refractivity (Wildman–Crippen MR) is 119 cm³/mol. The van der Waals surface area contributed by atoms with Gasteiger partial charge >= 0.3 is 0 Å². The summed E-state index contributed by atoms with van der Waals surface area (Å²) in [5.41, 5.74) is 3.53. The van der Waals surface area contributed by atoms with E-state index in [9.17, 15) is 9.90 Å². The number of benzene rings is 3. The third-order valence-corrected chi connectivity index (χ3v) is 6.06. The van der Waals surface area contributed by atoms with Crippen molar-refractivity contribution in [1.29, 1.82) is 0 Å². The van der Waals surface area contributed by atoms with Crippen LogP contribution in [0.1, 0.15) is 26.7 Å². The fourth-order valence-electron chi connectivity index (χ4n) is 3.43. The van der Waals surface area contributed by atoms with Crippen molar-refractivity contribution in [3.05, 3.63) is 87.4 Å². The average molecular weight is 403 g/mol. The Bertz CT molecular complexity index is 1190. The Labute approximate surface area is 173 Å². The number of hydrogen-bond donors (Lipinski definition) is 2. The van der Waals surface area contributed by atoms with Crippen LogP contribution in [0.4, 0.5) is 5.69 Å². The first-order valence-electron chi connectivity index (χ1n) is 9.51. The molecule has 0 aliphatic rings. The summed E-state index contributed by atoms with van der Waals surface area (Å²) in [6, 6.07) is 19.8. The molecule has 0 saturated heterocycles. The molecule has 1 aromatic heterocycles. The van der Waals surface area contributed by atoms with Crippen molar-refractivity contribution >= 4 is 33.7 Å². The molecule has 0 spiro atoms. The third kappa shape index (κ3) is 4.30. The molecular weight excluding hydrogens is 380 g/mol. The standard InChI is InChI=1S/C24H22N2O2S/c1-15-10-11-21(27)20(12-15)26-23(28)14-22-16(2)25-24(29-22)13-18-8-5-7-17-6-3-4-9-19(17)18/h3-12,27H,13-14H2,1-2H3,(H,26,28). The molecule has 0 radical (unpaired) electrons. The highest BCUT2D eigenvalue weighted by atomic mass is 32.1. The monoisotopic (exact) mass is 402 g/mol. The SMILES string of the molecule is Cc1ccc(O)c(NC(=O)Cc2sc(Cc3cccc4ccccc34)nc2C)c1. The van der Waals surface area contributed by atoms with Crippen LogP contribution in [-0.4, -0.2) is 16.0 Å². The van der Waals surface area contributed by atoms with E-state index in [-0.39, 0.29) is 18.1 Å². The highest BCUT2D eigenvalue weighted by molar-refractivity contribution is 7.11. The molecule has 0 fully saturated rings. The molecule has 4 aromatic rings. The Hall–Kier alpha value is -3.18. The first-order chi connectivity index (χ1) is 14.0. The zero-order valence-electron chi connectivity index (χ0n) is 16.4. The van der Waals surface area contributed by atoms with Crippen molar-refractivity contribution in [3.63, 3.8) is 0 Å². The summed E-state index contributed by atoms with van der Waals surface area (Å²) >= 11 is 1.57. The molecular formula is C24H22N2O2S. The second-order valence-corrected chi connectivity index (χ2v) is 8.34. The number of hydrogen-bond acceptors (Lipinski definition) is 4. The van der Waals surface area contributed by atoms with E-state index in [0.29, 0.717) is 5.69 Å². The van der Waals surface area contributed by atoms with Crippen LogP contribution in [0.3, 0.4) is 0 Å². The summed E-state index contributed by atoms with van der Waals surface area (Å²) in [5.74, 6) is -0.0871. The quantitative estimate of drug-likeness (QED) is 0.440. The van der Waals surface area contributed by atoms with E-state index in [1.165, 1.54) is 16.3 Å². The number of carbonyl (C=O) groups excluding carboxylic acids is 1. The van der Waals surface area contributed by atoms with E-state index in [0.717, 1.165) is 27.6 Å². The number of nitrogens with zero attached hydrogens (tertiary/aromatic N) is 1. The maximum atomic E-state index is 12.5. The summed E-state index contributed by atoms with van der Waals surface area (Å²) in [7, 11) is 0. The van der Waals surface area contributed by atoms with Crippen molar-refractivity contribution in [3.8, 4) is 5.75 Å². The van der Waals surface area contributed by atoms with Gasteiger partial charge in [0, 0.05) is 11.3 Å². The minimum absolute atomic E-state index is 0.0709. The number of anilines is 1. The fraction of sp³-hybridized carbons (Fsp3) is 0.167. The number of carbonyl (C=O) groups is 1. The number of thiazole rings is 1. The molecule has 0 atom stereocenters. The minimum Gasteiger partial charge on any atom is -0.506 e. The van der Waals surface area contributed by atoms with Crippen LogP contribution in [0, 0.1) is 13.8 Å². The molecule has 2 N–H and O–H groups in total. The first kappa shape index (κ1) is 19.2. The molecule has 4 rings (SSSR count). The molecule has 4 nitrogen and oxygen atoms in total. The van der Waals surface area contributed by atoms with Gasteiger partial charge in [0.25, 0.3) is 0 Å². The Morgan fingerprint density at radius 1 is 1.07 bits per heavy atom. The molecule has 1 amide bonds. The Morgan fingerprint density at radius 2 is 1.86 bits per heavy atom. The van der Waals surface area contributed by atoms with Gasteiger partial charge in [-0.2, -0.15) is 0 Å². The lowest BCUT2D eigenvalue weighted by Gasteiger charge is -2.07. The van der Waals surface area contributed by atoms with Crippen LogP contribution in [0.25, 0.3) is 10.8 Å². The van der Waals surface area contributed by atoms with E-state index in [4.69, 9.17) is 4.98 Å². The molecule has 0 bridgehead atoms. The lowest BCUT2D eigenvalue weighted by Crippen LogP contribution is -2.14. The van der Waals surface area contributed by atoms with E-state index in [1.807, 2.05) is 19.9 Å². The Kier molecular flexibility index (Phi) is 5.32. The lowest BCUT2D eigenvalue weighted by atomic mass is 10.0. The van der Waals surface area contributed by atoms with E-state index in [2.05, 4.69) is 41.7 Å². The summed E-state index contributed by atoms with van der Waals surface area (Å²) in [6.07, 6.45) is 0.986. The van der Waals surface area contributed by atoms with Crippen LogP contribution in [0.2, 0.25) is 0 Å². The van der Waals surface area contributed by atoms with Gasteiger partial charge in [0.1, 0.15) is 5.75 Å². The molecule has 0 aliphatic carbocycles.